The van der Waals surface area contributed by atoms with Crippen molar-refractivity contribution in [3.05, 3.63) is 53.9 Å². The molecule has 2 aliphatic rings. The molecule has 5 rings (SSSR count). The van der Waals surface area contributed by atoms with Gasteiger partial charge in [-0.05, 0) is 56.0 Å². The number of nitrogens with zero attached hydrogens (tertiary/aromatic N) is 3. The van der Waals surface area contributed by atoms with Gasteiger partial charge in [0, 0.05) is 35.8 Å². The van der Waals surface area contributed by atoms with Gasteiger partial charge in [0.05, 0.1) is 7.11 Å². The van der Waals surface area contributed by atoms with Gasteiger partial charge in [0.15, 0.2) is 5.82 Å². The van der Waals surface area contributed by atoms with E-state index in [0.717, 1.165) is 55.9 Å². The molecule has 2 heterocycles. The van der Waals surface area contributed by atoms with Crippen molar-refractivity contribution in [3.63, 3.8) is 0 Å². The number of aryl methyl sites for hydroxylation is 1. The first-order valence-corrected chi connectivity index (χ1v) is 13.0. The molecule has 1 amide bonds. The van der Waals surface area contributed by atoms with E-state index in [0.29, 0.717) is 5.69 Å². The molecule has 3 aromatic rings. The molecule has 1 saturated carbocycles. The summed E-state index contributed by atoms with van der Waals surface area (Å²) >= 11 is 0. The molecule has 1 aliphatic carbocycles. The van der Waals surface area contributed by atoms with E-state index in [1.54, 1.807) is 12.1 Å². The summed E-state index contributed by atoms with van der Waals surface area (Å²) in [5, 5.41) is 11.6. The molecule has 1 aromatic heterocycles. The zero-order chi connectivity index (χ0) is 23.7. The summed E-state index contributed by atoms with van der Waals surface area (Å²) in [6.07, 6.45) is 5.92. The predicted molar refractivity (Wildman–Crippen MR) is 127 cm³/mol. The Bertz CT molecular complexity index is 1330. The van der Waals surface area contributed by atoms with Gasteiger partial charge in [-0.15, -0.1) is 10.2 Å². The van der Waals surface area contributed by atoms with Gasteiger partial charge in [0.1, 0.15) is 16.5 Å². The summed E-state index contributed by atoms with van der Waals surface area (Å²) in [6.45, 7) is 0.881. The van der Waals surface area contributed by atoms with E-state index < -0.39 is 15.9 Å². The lowest BCUT2D eigenvalue weighted by Crippen LogP contribution is -2.26. The van der Waals surface area contributed by atoms with Crippen LogP contribution in [0.2, 0.25) is 0 Å². The summed E-state index contributed by atoms with van der Waals surface area (Å²) in [6, 6.07) is 11.8. The molecule has 0 atom stereocenters. The Labute approximate surface area is 198 Å². The normalized spacial score (nSPS) is 15.9. The number of carbonyl (C=O) groups is 1. The lowest BCUT2D eigenvalue weighted by molar-refractivity contribution is 0.102. The lowest BCUT2D eigenvalue weighted by Gasteiger charge is -2.13. The summed E-state index contributed by atoms with van der Waals surface area (Å²) in [5.41, 5.74) is 1.67. The number of sulfonamides is 1. The molecule has 178 valence electrons. The third-order valence-corrected chi connectivity index (χ3v) is 7.64. The Morgan fingerprint density at radius 1 is 1.09 bits per heavy atom. The zero-order valence-corrected chi connectivity index (χ0v) is 19.8. The molecule has 2 aromatic carbocycles. The lowest BCUT2D eigenvalue weighted by atomic mass is 10.1. The molecule has 0 saturated heterocycles. The maximum Gasteiger partial charge on any atom is 0.255 e. The Hall–Kier alpha value is -3.24. The third-order valence-electron chi connectivity index (χ3n) is 6.10. The predicted octanol–water partition coefficient (Wildman–Crippen LogP) is 3.37. The molecule has 0 radical (unpaired) electrons. The standard InChI is InChI=1S/C24H27N5O4S/c1-33-20-12-9-17(15-21(20)34(31,32)28-18-10-11-18)24(30)25-19-7-5-6-16(14-19)23-27-26-22-8-3-2-4-13-29(22)23/h5-7,9,12,14-15,18,28H,2-4,8,10-11,13H2,1H3,(H,25,30). The number of rotatable bonds is 7. The number of carbonyl (C=O) groups excluding carboxylic acids is 1. The Kier molecular flexibility index (Phi) is 6.09. The van der Waals surface area contributed by atoms with E-state index >= 15 is 0 Å². The van der Waals surface area contributed by atoms with Crippen LogP contribution in [-0.4, -0.2) is 42.2 Å². The first kappa shape index (κ1) is 22.5. The molecule has 1 fully saturated rings. The van der Waals surface area contributed by atoms with Crippen LogP contribution in [0.5, 0.6) is 5.75 Å². The number of hydrogen-bond donors (Lipinski definition) is 2. The van der Waals surface area contributed by atoms with Crippen molar-refractivity contribution >= 4 is 21.6 Å². The zero-order valence-electron chi connectivity index (χ0n) is 19.0. The minimum Gasteiger partial charge on any atom is -0.495 e. The van der Waals surface area contributed by atoms with Crippen molar-refractivity contribution in [1.82, 2.24) is 19.5 Å². The Morgan fingerprint density at radius 2 is 1.94 bits per heavy atom. The Morgan fingerprint density at radius 3 is 2.74 bits per heavy atom. The smallest absolute Gasteiger partial charge is 0.255 e. The highest BCUT2D eigenvalue weighted by Crippen LogP contribution is 2.29. The minimum absolute atomic E-state index is 0.0468. The van der Waals surface area contributed by atoms with Crippen LogP contribution in [0.25, 0.3) is 11.4 Å². The highest BCUT2D eigenvalue weighted by atomic mass is 32.2. The number of anilines is 1. The van der Waals surface area contributed by atoms with Crippen molar-refractivity contribution in [3.8, 4) is 17.1 Å². The van der Waals surface area contributed by atoms with Gasteiger partial charge < -0.3 is 14.6 Å². The fourth-order valence-electron chi connectivity index (χ4n) is 4.15. The van der Waals surface area contributed by atoms with E-state index in [-0.39, 0.29) is 22.3 Å². The molecule has 0 unspecified atom stereocenters. The first-order valence-electron chi connectivity index (χ1n) is 11.5. The molecule has 0 spiro atoms. The number of aromatic nitrogens is 3. The molecule has 34 heavy (non-hydrogen) atoms. The number of hydrogen-bond acceptors (Lipinski definition) is 6. The molecule has 1 aliphatic heterocycles. The first-order chi connectivity index (χ1) is 16.4. The van der Waals surface area contributed by atoms with E-state index in [1.165, 1.54) is 25.7 Å². The Balaban J connectivity index is 1.39. The van der Waals surface area contributed by atoms with Gasteiger partial charge >= 0.3 is 0 Å². The van der Waals surface area contributed by atoms with Crippen LogP contribution in [0.4, 0.5) is 5.69 Å². The largest absolute Gasteiger partial charge is 0.495 e. The van der Waals surface area contributed by atoms with Gasteiger partial charge in [-0.2, -0.15) is 0 Å². The van der Waals surface area contributed by atoms with Crippen LogP contribution in [-0.2, 0) is 23.0 Å². The van der Waals surface area contributed by atoms with Crippen LogP contribution in [0.15, 0.2) is 47.4 Å². The van der Waals surface area contributed by atoms with Crippen molar-refractivity contribution in [2.24, 2.45) is 0 Å². The number of methoxy groups -OCH3 is 1. The molecular formula is C24H27N5O4S. The van der Waals surface area contributed by atoms with E-state index in [1.807, 2.05) is 18.2 Å². The van der Waals surface area contributed by atoms with Crippen molar-refractivity contribution in [2.75, 3.05) is 12.4 Å². The quantitative estimate of drug-likeness (QED) is 0.535. The molecule has 2 N–H and O–H groups in total. The van der Waals surface area contributed by atoms with E-state index in [2.05, 4.69) is 24.8 Å². The molecule has 0 bridgehead atoms. The molecule has 9 nitrogen and oxygen atoms in total. The second kappa shape index (κ2) is 9.19. The molecular weight excluding hydrogens is 454 g/mol. The number of amides is 1. The second-order valence-electron chi connectivity index (χ2n) is 8.70. The highest BCUT2D eigenvalue weighted by molar-refractivity contribution is 7.89. The monoisotopic (exact) mass is 481 g/mol. The molecule has 10 heteroatoms. The van der Waals surface area contributed by atoms with Crippen molar-refractivity contribution in [1.29, 1.82) is 0 Å². The van der Waals surface area contributed by atoms with Crippen LogP contribution < -0.4 is 14.8 Å². The average molecular weight is 482 g/mol. The fraction of sp³-hybridized carbons (Fsp3) is 0.375. The second-order valence-corrected chi connectivity index (χ2v) is 10.4. The van der Waals surface area contributed by atoms with E-state index in [9.17, 15) is 13.2 Å². The summed E-state index contributed by atoms with van der Waals surface area (Å²) < 4.78 is 35.6. The topological polar surface area (TPSA) is 115 Å². The number of ether oxygens (including phenoxy) is 1. The van der Waals surface area contributed by atoms with Gasteiger partial charge in [-0.3, -0.25) is 4.79 Å². The number of benzene rings is 2. The van der Waals surface area contributed by atoms with Gasteiger partial charge in [-0.1, -0.05) is 18.6 Å². The summed E-state index contributed by atoms with van der Waals surface area (Å²) in [5.74, 6) is 1.56. The summed E-state index contributed by atoms with van der Waals surface area (Å²) in [4.78, 5) is 13.0. The minimum atomic E-state index is -3.79. The summed E-state index contributed by atoms with van der Waals surface area (Å²) in [7, 11) is -2.39. The van der Waals surface area contributed by atoms with Crippen LogP contribution in [0, 0.1) is 0 Å². The fourth-order valence-corrected chi connectivity index (χ4v) is 5.65. The number of nitrogens with one attached hydrogen (secondary N) is 2. The van der Waals surface area contributed by atoms with Gasteiger partial charge in [0.25, 0.3) is 5.91 Å². The maximum absolute atomic E-state index is 13.0. The van der Waals surface area contributed by atoms with Crippen molar-refractivity contribution in [2.45, 2.75) is 56.0 Å². The SMILES string of the molecule is COc1ccc(C(=O)Nc2cccc(-c3nnc4n3CCCCC4)c2)cc1S(=O)(=O)NC1CC1. The highest BCUT2D eigenvalue weighted by Gasteiger charge is 2.30. The van der Waals surface area contributed by atoms with E-state index in [4.69, 9.17) is 4.74 Å². The van der Waals surface area contributed by atoms with Gasteiger partial charge in [-0.25, -0.2) is 13.1 Å². The average Bonchev–Trinajstić information content (AvgIpc) is 3.60. The van der Waals surface area contributed by atoms with Crippen LogP contribution >= 0.6 is 0 Å². The van der Waals surface area contributed by atoms with Gasteiger partial charge in [0.2, 0.25) is 10.0 Å². The van der Waals surface area contributed by atoms with Crippen molar-refractivity contribution < 1.29 is 17.9 Å². The van der Waals surface area contributed by atoms with Crippen LogP contribution in [0.3, 0.4) is 0 Å². The van der Waals surface area contributed by atoms with Crippen LogP contribution in [0.1, 0.15) is 48.3 Å². The number of fused-ring (bicyclic) bond motifs is 1. The maximum atomic E-state index is 13.0. The third kappa shape index (κ3) is 4.69.